The van der Waals surface area contributed by atoms with Gasteiger partial charge in [0.25, 0.3) is 5.91 Å². The minimum absolute atomic E-state index is 0.121. The molecule has 5 rings (SSSR count). The van der Waals surface area contributed by atoms with Gasteiger partial charge in [-0.3, -0.25) is 9.59 Å². The van der Waals surface area contributed by atoms with Crippen molar-refractivity contribution in [3.8, 4) is 11.3 Å². The molecule has 0 saturated carbocycles. The SMILES string of the molecule is O=C(CCc1c(-c2ccccc2)[nH]c2ccc(F)cc12)NCc1cccc(NC(=O)c2ccco2)c1. The second-order valence-electron chi connectivity index (χ2n) is 8.44. The molecule has 36 heavy (non-hydrogen) atoms. The van der Waals surface area contributed by atoms with E-state index in [1.54, 1.807) is 30.3 Å². The highest BCUT2D eigenvalue weighted by atomic mass is 19.1. The lowest BCUT2D eigenvalue weighted by molar-refractivity contribution is -0.121. The Hall–Kier alpha value is -4.65. The molecule has 0 saturated heterocycles. The molecule has 0 aliphatic heterocycles. The molecule has 180 valence electrons. The molecule has 0 atom stereocenters. The number of carbonyl (C=O) groups is 2. The van der Waals surface area contributed by atoms with Crippen LogP contribution in [0.1, 0.15) is 28.1 Å². The lowest BCUT2D eigenvalue weighted by Crippen LogP contribution is -2.23. The second kappa shape index (κ2) is 10.3. The maximum absolute atomic E-state index is 14.0. The van der Waals surface area contributed by atoms with Crippen molar-refractivity contribution in [3.05, 3.63) is 114 Å². The van der Waals surface area contributed by atoms with E-state index in [9.17, 15) is 14.0 Å². The summed E-state index contributed by atoms with van der Waals surface area (Å²) in [5, 5.41) is 6.49. The van der Waals surface area contributed by atoms with Crippen molar-refractivity contribution in [2.24, 2.45) is 0 Å². The van der Waals surface area contributed by atoms with E-state index in [1.165, 1.54) is 18.4 Å². The summed E-state index contributed by atoms with van der Waals surface area (Å²) >= 11 is 0. The largest absolute Gasteiger partial charge is 0.459 e. The van der Waals surface area contributed by atoms with E-state index in [4.69, 9.17) is 4.42 Å². The topological polar surface area (TPSA) is 87.1 Å². The Labute approximate surface area is 207 Å². The summed E-state index contributed by atoms with van der Waals surface area (Å²) in [5.41, 5.74) is 5.07. The molecular formula is C29H24FN3O3. The minimum atomic E-state index is -0.342. The van der Waals surface area contributed by atoms with E-state index in [1.807, 2.05) is 42.5 Å². The third kappa shape index (κ3) is 5.20. The Morgan fingerprint density at radius 1 is 0.917 bits per heavy atom. The number of aromatic amines is 1. The lowest BCUT2D eigenvalue weighted by atomic mass is 10.0. The highest BCUT2D eigenvalue weighted by Gasteiger charge is 2.15. The van der Waals surface area contributed by atoms with E-state index in [-0.39, 0.29) is 29.8 Å². The normalized spacial score (nSPS) is 10.9. The van der Waals surface area contributed by atoms with Gasteiger partial charge in [0, 0.05) is 35.2 Å². The summed E-state index contributed by atoms with van der Waals surface area (Å²) in [4.78, 5) is 28.3. The standard InChI is InChI=1S/C29H24FN3O3/c30-21-11-13-25-24(17-21)23(28(33-25)20-7-2-1-3-8-20)12-14-27(34)31-18-19-6-4-9-22(16-19)32-29(35)26-10-5-15-36-26/h1-11,13,15-17,33H,12,14,18H2,(H,31,34)(H,32,35). The number of carbonyl (C=O) groups excluding carboxylic acids is 2. The third-order valence-corrected chi connectivity index (χ3v) is 5.95. The van der Waals surface area contributed by atoms with Gasteiger partial charge in [0.15, 0.2) is 5.76 Å². The molecule has 0 fully saturated rings. The van der Waals surface area contributed by atoms with Crippen LogP contribution in [0.4, 0.5) is 10.1 Å². The van der Waals surface area contributed by atoms with Gasteiger partial charge in [-0.15, -0.1) is 0 Å². The number of aryl methyl sites for hydroxylation is 1. The number of halogens is 1. The van der Waals surface area contributed by atoms with Gasteiger partial charge in [-0.1, -0.05) is 42.5 Å². The number of aromatic nitrogens is 1. The first-order valence-electron chi connectivity index (χ1n) is 11.6. The Balaban J connectivity index is 1.24. The smallest absolute Gasteiger partial charge is 0.291 e. The van der Waals surface area contributed by atoms with Gasteiger partial charge in [-0.2, -0.15) is 0 Å². The van der Waals surface area contributed by atoms with Crippen molar-refractivity contribution in [3.63, 3.8) is 0 Å². The van der Waals surface area contributed by atoms with Crippen LogP contribution in [-0.4, -0.2) is 16.8 Å². The number of anilines is 1. The van der Waals surface area contributed by atoms with Crippen molar-refractivity contribution in [2.45, 2.75) is 19.4 Å². The van der Waals surface area contributed by atoms with Crippen molar-refractivity contribution in [1.29, 1.82) is 0 Å². The van der Waals surface area contributed by atoms with Gasteiger partial charge < -0.3 is 20.0 Å². The number of furan rings is 1. The van der Waals surface area contributed by atoms with Crippen LogP contribution in [0.25, 0.3) is 22.2 Å². The highest BCUT2D eigenvalue weighted by molar-refractivity contribution is 6.02. The number of H-pyrrole nitrogens is 1. The Morgan fingerprint density at radius 3 is 2.58 bits per heavy atom. The number of fused-ring (bicyclic) bond motifs is 1. The molecule has 0 bridgehead atoms. The van der Waals surface area contributed by atoms with E-state index in [2.05, 4.69) is 15.6 Å². The van der Waals surface area contributed by atoms with E-state index >= 15 is 0 Å². The molecule has 2 amide bonds. The number of amides is 2. The summed E-state index contributed by atoms with van der Waals surface area (Å²) in [6.45, 7) is 0.317. The second-order valence-corrected chi connectivity index (χ2v) is 8.44. The fraction of sp³-hybridized carbons (Fsp3) is 0.103. The minimum Gasteiger partial charge on any atom is -0.459 e. The molecule has 3 aromatic carbocycles. The van der Waals surface area contributed by atoms with Crippen LogP contribution in [0, 0.1) is 5.82 Å². The first-order valence-corrected chi connectivity index (χ1v) is 11.6. The van der Waals surface area contributed by atoms with Gasteiger partial charge >= 0.3 is 0 Å². The zero-order valence-electron chi connectivity index (χ0n) is 19.4. The van der Waals surface area contributed by atoms with E-state index in [0.29, 0.717) is 18.7 Å². The summed E-state index contributed by atoms with van der Waals surface area (Å²) in [6, 6.07) is 25.0. The quantitative estimate of drug-likeness (QED) is 0.251. The van der Waals surface area contributed by atoms with Crippen LogP contribution >= 0.6 is 0 Å². The van der Waals surface area contributed by atoms with Crippen molar-refractivity contribution >= 4 is 28.4 Å². The number of rotatable bonds is 8. The predicted molar refractivity (Wildman–Crippen MR) is 137 cm³/mol. The fourth-order valence-electron chi connectivity index (χ4n) is 4.22. The fourth-order valence-corrected chi connectivity index (χ4v) is 4.22. The third-order valence-electron chi connectivity index (χ3n) is 5.95. The van der Waals surface area contributed by atoms with Gasteiger partial charge in [-0.25, -0.2) is 4.39 Å². The maximum atomic E-state index is 14.0. The summed E-state index contributed by atoms with van der Waals surface area (Å²) in [6.07, 6.45) is 2.15. The summed E-state index contributed by atoms with van der Waals surface area (Å²) < 4.78 is 19.1. The average Bonchev–Trinajstić information content (AvgIpc) is 3.55. The first kappa shape index (κ1) is 23.1. The summed E-state index contributed by atoms with van der Waals surface area (Å²) in [5.74, 6) is -0.554. The van der Waals surface area contributed by atoms with Gasteiger partial charge in [0.2, 0.25) is 5.91 Å². The number of hydrogen-bond donors (Lipinski definition) is 3. The van der Waals surface area contributed by atoms with E-state index in [0.717, 1.165) is 33.3 Å². The van der Waals surface area contributed by atoms with Crippen molar-refractivity contribution in [2.75, 3.05) is 5.32 Å². The molecule has 2 heterocycles. The monoisotopic (exact) mass is 481 g/mol. The first-order chi connectivity index (χ1) is 17.6. The Kier molecular flexibility index (Phi) is 6.62. The molecule has 3 N–H and O–H groups in total. The molecule has 0 radical (unpaired) electrons. The zero-order chi connectivity index (χ0) is 24.9. The molecule has 0 aliphatic rings. The molecule has 0 spiro atoms. The van der Waals surface area contributed by atoms with Gasteiger partial charge in [0.1, 0.15) is 5.82 Å². The van der Waals surface area contributed by atoms with Crippen LogP contribution in [0.5, 0.6) is 0 Å². The van der Waals surface area contributed by atoms with Crippen LogP contribution in [0.3, 0.4) is 0 Å². The highest BCUT2D eigenvalue weighted by Crippen LogP contribution is 2.31. The van der Waals surface area contributed by atoms with Crippen molar-refractivity contribution in [1.82, 2.24) is 10.3 Å². The van der Waals surface area contributed by atoms with Gasteiger partial charge in [0.05, 0.1) is 6.26 Å². The average molecular weight is 482 g/mol. The van der Waals surface area contributed by atoms with Gasteiger partial charge in [-0.05, 0) is 65.6 Å². The Bertz CT molecular complexity index is 1510. The van der Waals surface area contributed by atoms with E-state index < -0.39 is 0 Å². The predicted octanol–water partition coefficient (Wildman–Crippen LogP) is 6.07. The Morgan fingerprint density at radius 2 is 1.78 bits per heavy atom. The van der Waals surface area contributed by atoms with Crippen LogP contribution in [-0.2, 0) is 17.8 Å². The van der Waals surface area contributed by atoms with Crippen LogP contribution in [0.2, 0.25) is 0 Å². The molecule has 0 aliphatic carbocycles. The number of benzene rings is 3. The lowest BCUT2D eigenvalue weighted by Gasteiger charge is -2.09. The molecule has 7 heteroatoms. The molecule has 2 aromatic heterocycles. The van der Waals surface area contributed by atoms with Crippen LogP contribution in [0.15, 0.2) is 95.6 Å². The van der Waals surface area contributed by atoms with Crippen molar-refractivity contribution < 1.29 is 18.4 Å². The molecular weight excluding hydrogens is 457 g/mol. The zero-order valence-corrected chi connectivity index (χ0v) is 19.4. The summed E-state index contributed by atoms with van der Waals surface area (Å²) in [7, 11) is 0. The number of nitrogens with one attached hydrogen (secondary N) is 3. The number of hydrogen-bond acceptors (Lipinski definition) is 3. The molecule has 0 unspecified atom stereocenters. The molecule has 5 aromatic rings. The molecule has 6 nitrogen and oxygen atoms in total. The van der Waals surface area contributed by atoms with Crippen LogP contribution < -0.4 is 10.6 Å². The maximum Gasteiger partial charge on any atom is 0.291 e.